The molecule has 0 amide bonds. The highest BCUT2D eigenvalue weighted by Crippen LogP contribution is 2.47. The first-order valence-corrected chi connectivity index (χ1v) is 20.8. The normalized spacial score (nSPS) is 11.6. The quantitative estimate of drug-likeness (QED) is 0.161. The van der Waals surface area contributed by atoms with Crippen molar-refractivity contribution in [3.05, 3.63) is 231 Å². The van der Waals surface area contributed by atoms with Crippen LogP contribution < -0.4 is 4.90 Å². The molecule has 12 rings (SSSR count). The molecule has 2 aromatic heterocycles. The Labute approximate surface area is 353 Å². The zero-order valence-corrected chi connectivity index (χ0v) is 33.2. The molecule has 0 saturated heterocycles. The van der Waals surface area contributed by atoms with Crippen molar-refractivity contribution < 1.29 is 4.42 Å². The third kappa shape index (κ3) is 5.82. The standard InChI is InChI=1S/C58H38N2O/c1-2-14-39(15-3-1)40-28-30-41(31-29-40)42-32-34-44(35-33-42)59(45-18-13-19-46(38-45)60-53-25-9-6-21-49(53)50-22-7-10-26-54(50)60)55-37-36-51(48-24-12-17-43-16-4-5-20-47(43)48)58-57(55)52-23-8-11-27-56(52)61-58/h1-38H. The van der Waals surface area contributed by atoms with E-state index in [0.717, 1.165) is 61.4 Å². The summed E-state index contributed by atoms with van der Waals surface area (Å²) < 4.78 is 9.31. The van der Waals surface area contributed by atoms with Crippen LogP contribution in [0.1, 0.15) is 0 Å². The minimum absolute atomic E-state index is 0.861. The summed E-state index contributed by atoms with van der Waals surface area (Å²) in [7, 11) is 0. The summed E-state index contributed by atoms with van der Waals surface area (Å²) in [6.45, 7) is 0. The Bertz CT molecular complexity index is 3520. The van der Waals surface area contributed by atoms with Crippen molar-refractivity contribution in [2.75, 3.05) is 4.90 Å². The second kappa shape index (κ2) is 14.3. The summed E-state index contributed by atoms with van der Waals surface area (Å²) in [5.74, 6) is 0. The van der Waals surface area contributed by atoms with E-state index in [1.54, 1.807) is 0 Å². The zero-order valence-electron chi connectivity index (χ0n) is 33.2. The first kappa shape index (κ1) is 34.9. The highest BCUT2D eigenvalue weighted by molar-refractivity contribution is 6.18. The molecule has 0 N–H and O–H groups in total. The molecule has 286 valence electrons. The second-order valence-electron chi connectivity index (χ2n) is 15.7. The van der Waals surface area contributed by atoms with Gasteiger partial charge in [-0.05, 0) is 99.3 Å². The predicted octanol–water partition coefficient (Wildman–Crippen LogP) is 16.3. The summed E-state index contributed by atoms with van der Waals surface area (Å²) in [5, 5.41) is 7.03. The Morgan fingerprint density at radius 3 is 1.64 bits per heavy atom. The number of benzene rings is 10. The Morgan fingerprint density at radius 1 is 0.361 bits per heavy atom. The third-order valence-corrected chi connectivity index (χ3v) is 12.2. The molecular weight excluding hydrogens is 741 g/mol. The topological polar surface area (TPSA) is 21.3 Å². The van der Waals surface area contributed by atoms with Gasteiger partial charge in [-0.2, -0.15) is 0 Å². The molecule has 0 saturated carbocycles. The van der Waals surface area contributed by atoms with E-state index < -0.39 is 0 Å². The third-order valence-electron chi connectivity index (χ3n) is 12.2. The van der Waals surface area contributed by atoms with Gasteiger partial charge < -0.3 is 13.9 Å². The van der Waals surface area contributed by atoms with E-state index in [9.17, 15) is 0 Å². The fourth-order valence-electron chi connectivity index (χ4n) is 9.36. The average Bonchev–Trinajstić information content (AvgIpc) is 3.89. The Kier molecular flexibility index (Phi) is 8.17. The lowest BCUT2D eigenvalue weighted by Gasteiger charge is -2.27. The minimum atomic E-state index is 0.861. The fraction of sp³-hybridized carbons (Fsp3) is 0. The van der Waals surface area contributed by atoms with Gasteiger partial charge in [-0.1, -0.05) is 170 Å². The molecule has 0 fully saturated rings. The van der Waals surface area contributed by atoms with Crippen molar-refractivity contribution in [1.82, 2.24) is 4.57 Å². The van der Waals surface area contributed by atoms with Crippen LogP contribution >= 0.6 is 0 Å². The molecule has 0 bridgehead atoms. The Morgan fingerprint density at radius 2 is 0.918 bits per heavy atom. The monoisotopic (exact) mass is 778 g/mol. The van der Waals surface area contributed by atoms with Crippen molar-refractivity contribution in [3.8, 4) is 39.1 Å². The van der Waals surface area contributed by atoms with Gasteiger partial charge in [-0.15, -0.1) is 0 Å². The van der Waals surface area contributed by atoms with Crippen LogP contribution in [0, 0.1) is 0 Å². The molecule has 0 radical (unpaired) electrons. The lowest BCUT2D eigenvalue weighted by atomic mass is 9.95. The second-order valence-corrected chi connectivity index (χ2v) is 15.7. The number of anilines is 3. The van der Waals surface area contributed by atoms with Gasteiger partial charge in [0.1, 0.15) is 11.2 Å². The molecule has 3 nitrogen and oxygen atoms in total. The number of hydrogen-bond donors (Lipinski definition) is 0. The molecule has 0 atom stereocenters. The molecule has 0 unspecified atom stereocenters. The van der Waals surface area contributed by atoms with E-state index in [-0.39, 0.29) is 0 Å². The smallest absolute Gasteiger partial charge is 0.145 e. The van der Waals surface area contributed by atoms with Crippen molar-refractivity contribution >= 4 is 71.6 Å². The van der Waals surface area contributed by atoms with E-state index in [1.165, 1.54) is 49.3 Å². The van der Waals surface area contributed by atoms with E-state index >= 15 is 0 Å². The highest BCUT2D eigenvalue weighted by atomic mass is 16.3. The van der Waals surface area contributed by atoms with Crippen molar-refractivity contribution in [3.63, 3.8) is 0 Å². The Hall–Kier alpha value is -8.14. The van der Waals surface area contributed by atoms with Gasteiger partial charge in [0, 0.05) is 38.8 Å². The lowest BCUT2D eigenvalue weighted by molar-refractivity contribution is 0.670. The van der Waals surface area contributed by atoms with Crippen LogP contribution in [0.25, 0.3) is 93.6 Å². The fourth-order valence-corrected chi connectivity index (χ4v) is 9.36. The summed E-state index contributed by atoms with van der Waals surface area (Å²) in [6, 6.07) is 82.8. The van der Waals surface area contributed by atoms with Crippen LogP contribution in [0.2, 0.25) is 0 Å². The van der Waals surface area contributed by atoms with Gasteiger partial charge in [0.15, 0.2) is 0 Å². The molecule has 0 spiro atoms. The molecular formula is C58H38N2O. The summed E-state index contributed by atoms with van der Waals surface area (Å²) in [6.07, 6.45) is 0. The molecule has 2 heterocycles. The molecule has 0 aliphatic rings. The Balaban J connectivity index is 1.07. The van der Waals surface area contributed by atoms with Crippen molar-refractivity contribution in [2.45, 2.75) is 0 Å². The maximum absolute atomic E-state index is 6.92. The van der Waals surface area contributed by atoms with Gasteiger partial charge in [0.05, 0.1) is 22.1 Å². The number of rotatable bonds is 7. The van der Waals surface area contributed by atoms with Crippen molar-refractivity contribution in [2.24, 2.45) is 0 Å². The largest absolute Gasteiger partial charge is 0.455 e. The summed E-state index contributed by atoms with van der Waals surface area (Å²) in [5.41, 5.74) is 15.3. The van der Waals surface area contributed by atoms with Crippen LogP contribution in [0.4, 0.5) is 17.1 Å². The number of fused-ring (bicyclic) bond motifs is 7. The maximum atomic E-state index is 6.92. The van der Waals surface area contributed by atoms with Crippen LogP contribution in [0.3, 0.4) is 0 Å². The predicted molar refractivity (Wildman–Crippen MR) is 257 cm³/mol. The van der Waals surface area contributed by atoms with Crippen LogP contribution in [0.15, 0.2) is 235 Å². The van der Waals surface area contributed by atoms with Gasteiger partial charge in [0.25, 0.3) is 0 Å². The zero-order chi connectivity index (χ0) is 40.3. The average molecular weight is 779 g/mol. The summed E-state index contributed by atoms with van der Waals surface area (Å²) in [4.78, 5) is 2.40. The molecule has 0 aliphatic heterocycles. The van der Waals surface area contributed by atoms with E-state index in [2.05, 4.69) is 240 Å². The first-order valence-electron chi connectivity index (χ1n) is 20.8. The van der Waals surface area contributed by atoms with Gasteiger partial charge in [-0.3, -0.25) is 0 Å². The number of hydrogen-bond acceptors (Lipinski definition) is 2. The molecule has 3 heteroatoms. The maximum Gasteiger partial charge on any atom is 0.145 e. The van der Waals surface area contributed by atoms with Gasteiger partial charge in [-0.25, -0.2) is 0 Å². The van der Waals surface area contributed by atoms with Crippen LogP contribution in [0.5, 0.6) is 0 Å². The lowest BCUT2D eigenvalue weighted by Crippen LogP contribution is -2.11. The molecule has 61 heavy (non-hydrogen) atoms. The molecule has 12 aromatic rings. The van der Waals surface area contributed by atoms with E-state index in [0.29, 0.717) is 0 Å². The van der Waals surface area contributed by atoms with Crippen LogP contribution in [-0.4, -0.2) is 4.57 Å². The number of aromatic nitrogens is 1. The highest BCUT2D eigenvalue weighted by Gasteiger charge is 2.24. The van der Waals surface area contributed by atoms with Gasteiger partial charge >= 0.3 is 0 Å². The van der Waals surface area contributed by atoms with Gasteiger partial charge in [0.2, 0.25) is 0 Å². The number of furan rings is 1. The minimum Gasteiger partial charge on any atom is -0.455 e. The molecule has 0 aliphatic carbocycles. The molecule has 10 aromatic carbocycles. The number of nitrogens with zero attached hydrogens (tertiary/aromatic N) is 2. The first-order chi connectivity index (χ1) is 30.3. The summed E-state index contributed by atoms with van der Waals surface area (Å²) >= 11 is 0. The van der Waals surface area contributed by atoms with Crippen molar-refractivity contribution in [1.29, 1.82) is 0 Å². The SMILES string of the molecule is c1ccc(-c2ccc(-c3ccc(N(c4cccc(-n5c6ccccc6c6ccccc65)c4)c4ccc(-c5cccc6ccccc56)c5oc6ccccc6c45)cc3)cc2)cc1. The number of para-hydroxylation sites is 3. The van der Waals surface area contributed by atoms with Crippen LogP contribution in [-0.2, 0) is 0 Å². The van der Waals surface area contributed by atoms with E-state index in [1.807, 2.05) is 0 Å². The van der Waals surface area contributed by atoms with E-state index in [4.69, 9.17) is 4.42 Å².